The Hall–Kier alpha value is -2.09. The van der Waals surface area contributed by atoms with Crippen LogP contribution >= 0.6 is 15.9 Å². The molecule has 0 aromatic carbocycles. The number of aromatic nitrogens is 6. The number of rotatable bonds is 4. The Morgan fingerprint density at radius 3 is 3.14 bits per heavy atom. The van der Waals surface area contributed by atoms with E-state index in [1.54, 1.807) is 17.1 Å². The minimum Gasteiger partial charge on any atom is -0.345 e. The van der Waals surface area contributed by atoms with E-state index >= 15 is 0 Å². The molecule has 0 bridgehead atoms. The molecule has 1 fully saturated rings. The van der Waals surface area contributed by atoms with E-state index in [1.165, 1.54) is 0 Å². The average molecular weight is 347 g/mol. The number of nitrogens with one attached hydrogen (secondary N) is 1. The molecule has 21 heavy (non-hydrogen) atoms. The monoisotopic (exact) mass is 346 g/mol. The minimum atomic E-state index is -0.0321. The van der Waals surface area contributed by atoms with Gasteiger partial charge in [-0.1, -0.05) is 0 Å². The van der Waals surface area contributed by atoms with Gasteiger partial charge in [-0.05, 0) is 45.3 Å². The number of carbonyl (C=O) groups is 1. The molecule has 0 radical (unpaired) electrons. The molecule has 1 aliphatic carbocycles. The summed E-state index contributed by atoms with van der Waals surface area (Å²) in [6.07, 6.45) is 5.57. The van der Waals surface area contributed by atoms with E-state index < -0.39 is 0 Å². The maximum Gasteiger partial charge on any atom is 0.186 e. The maximum atomic E-state index is 12.5. The molecular weight excluding hydrogens is 336 g/mol. The highest BCUT2D eigenvalue weighted by Crippen LogP contribution is 2.38. The number of ketones is 1. The lowest BCUT2D eigenvalue weighted by atomic mass is 10.1. The SMILES string of the molecule is O=C(Cn1nnnc1C1CC1)c1c[nH]c2ncc(Br)cc12. The molecule has 1 aliphatic rings. The number of hydrogen-bond donors (Lipinski definition) is 1. The van der Waals surface area contributed by atoms with Gasteiger partial charge in [-0.25, -0.2) is 9.67 Å². The molecule has 3 aromatic rings. The van der Waals surface area contributed by atoms with E-state index in [9.17, 15) is 4.79 Å². The summed E-state index contributed by atoms with van der Waals surface area (Å²) >= 11 is 3.37. The van der Waals surface area contributed by atoms with E-state index in [2.05, 4.69) is 41.4 Å². The first-order valence-corrected chi connectivity index (χ1v) is 7.43. The number of tetrazole rings is 1. The van der Waals surface area contributed by atoms with Crippen LogP contribution in [0.1, 0.15) is 34.9 Å². The van der Waals surface area contributed by atoms with Crippen LogP contribution in [-0.4, -0.2) is 36.0 Å². The first-order chi connectivity index (χ1) is 10.2. The number of Topliss-reactive ketones (excluding diaryl/α,β-unsaturated/α-hetero) is 1. The van der Waals surface area contributed by atoms with Crippen LogP contribution in [0, 0.1) is 0 Å². The van der Waals surface area contributed by atoms with Gasteiger partial charge < -0.3 is 4.98 Å². The molecule has 0 spiro atoms. The highest BCUT2D eigenvalue weighted by atomic mass is 79.9. The number of pyridine rings is 1. The van der Waals surface area contributed by atoms with Gasteiger partial charge in [-0.2, -0.15) is 0 Å². The summed E-state index contributed by atoms with van der Waals surface area (Å²) in [5.41, 5.74) is 1.30. The van der Waals surface area contributed by atoms with Gasteiger partial charge in [0.2, 0.25) is 0 Å². The third-order valence-corrected chi connectivity index (χ3v) is 4.03. The zero-order chi connectivity index (χ0) is 14.4. The number of halogens is 1. The van der Waals surface area contributed by atoms with Crippen molar-refractivity contribution >= 4 is 32.7 Å². The summed E-state index contributed by atoms with van der Waals surface area (Å²) in [6, 6.07) is 1.88. The van der Waals surface area contributed by atoms with Gasteiger partial charge in [0.1, 0.15) is 12.2 Å². The molecule has 7 nitrogen and oxygen atoms in total. The number of H-pyrrole nitrogens is 1. The van der Waals surface area contributed by atoms with Gasteiger partial charge in [0.25, 0.3) is 0 Å². The average Bonchev–Trinajstić information content (AvgIpc) is 3.06. The molecule has 106 valence electrons. The molecule has 0 aliphatic heterocycles. The van der Waals surface area contributed by atoms with E-state index in [4.69, 9.17) is 0 Å². The van der Waals surface area contributed by atoms with E-state index in [0.29, 0.717) is 17.1 Å². The molecule has 3 heterocycles. The van der Waals surface area contributed by atoms with Gasteiger partial charge in [0, 0.05) is 33.7 Å². The second-order valence-corrected chi connectivity index (χ2v) is 6.06. The van der Waals surface area contributed by atoms with Crippen LogP contribution in [0.15, 0.2) is 22.9 Å². The topological polar surface area (TPSA) is 89.4 Å². The third-order valence-electron chi connectivity index (χ3n) is 3.59. The van der Waals surface area contributed by atoms with E-state index in [1.807, 2.05) is 6.07 Å². The predicted octanol–water partition coefficient (Wildman–Crippen LogP) is 2.07. The fourth-order valence-corrected chi connectivity index (χ4v) is 2.72. The first kappa shape index (κ1) is 12.6. The number of hydrogen-bond acceptors (Lipinski definition) is 5. The molecule has 8 heteroatoms. The van der Waals surface area contributed by atoms with Crippen molar-refractivity contribution < 1.29 is 4.79 Å². The molecule has 1 saturated carbocycles. The van der Waals surface area contributed by atoms with Crippen LogP contribution in [-0.2, 0) is 6.54 Å². The van der Waals surface area contributed by atoms with E-state index in [0.717, 1.165) is 28.5 Å². The van der Waals surface area contributed by atoms with Crippen molar-refractivity contribution in [2.75, 3.05) is 0 Å². The first-order valence-electron chi connectivity index (χ1n) is 6.64. The lowest BCUT2D eigenvalue weighted by molar-refractivity contribution is 0.0967. The maximum absolute atomic E-state index is 12.5. The van der Waals surface area contributed by atoms with Crippen LogP contribution in [0.5, 0.6) is 0 Å². The summed E-state index contributed by atoms with van der Waals surface area (Å²) in [5, 5.41) is 12.4. The Bertz CT molecular complexity index is 834. The Morgan fingerprint density at radius 2 is 2.33 bits per heavy atom. The molecule has 4 rings (SSSR count). The number of carbonyl (C=O) groups excluding carboxylic acids is 1. The van der Waals surface area contributed by atoms with Gasteiger partial charge >= 0.3 is 0 Å². The lowest BCUT2D eigenvalue weighted by Gasteiger charge is -2.02. The van der Waals surface area contributed by atoms with Crippen molar-refractivity contribution in [1.29, 1.82) is 0 Å². The summed E-state index contributed by atoms with van der Waals surface area (Å²) < 4.78 is 2.44. The molecule has 3 aromatic heterocycles. The Morgan fingerprint density at radius 1 is 1.48 bits per heavy atom. The predicted molar refractivity (Wildman–Crippen MR) is 77.9 cm³/mol. The highest BCUT2D eigenvalue weighted by Gasteiger charge is 2.30. The second kappa shape index (κ2) is 4.73. The van der Waals surface area contributed by atoms with Crippen molar-refractivity contribution in [3.63, 3.8) is 0 Å². The van der Waals surface area contributed by atoms with Crippen LogP contribution in [0.4, 0.5) is 0 Å². The minimum absolute atomic E-state index is 0.0321. The number of aromatic amines is 1. The standard InChI is InChI=1S/C13H11BrN6O/c14-8-3-9-10(5-16-12(9)15-4-8)11(21)6-20-13(7-1-2-7)17-18-19-20/h3-5,7H,1-2,6H2,(H,15,16). The van der Waals surface area contributed by atoms with Crippen molar-refractivity contribution in [2.45, 2.75) is 25.3 Å². The highest BCUT2D eigenvalue weighted by molar-refractivity contribution is 9.10. The fourth-order valence-electron chi connectivity index (χ4n) is 2.39. The molecule has 0 unspecified atom stereocenters. The van der Waals surface area contributed by atoms with Gasteiger partial charge in [-0.15, -0.1) is 5.10 Å². The molecule has 0 atom stereocenters. The quantitative estimate of drug-likeness (QED) is 0.730. The summed E-state index contributed by atoms with van der Waals surface area (Å²) in [6.45, 7) is 0.151. The third kappa shape index (κ3) is 2.25. The summed E-state index contributed by atoms with van der Waals surface area (Å²) in [5.74, 6) is 1.18. The summed E-state index contributed by atoms with van der Waals surface area (Å²) in [7, 11) is 0. The van der Waals surface area contributed by atoms with Crippen molar-refractivity contribution in [1.82, 2.24) is 30.2 Å². The van der Waals surface area contributed by atoms with Crippen LogP contribution < -0.4 is 0 Å². The Kier molecular flexibility index (Phi) is 2.85. The van der Waals surface area contributed by atoms with Crippen molar-refractivity contribution in [3.8, 4) is 0 Å². The second-order valence-electron chi connectivity index (χ2n) is 5.14. The Balaban J connectivity index is 1.67. The van der Waals surface area contributed by atoms with Crippen LogP contribution in [0.25, 0.3) is 11.0 Å². The van der Waals surface area contributed by atoms with Gasteiger partial charge in [-0.3, -0.25) is 4.79 Å². The van der Waals surface area contributed by atoms with E-state index in [-0.39, 0.29) is 12.3 Å². The normalized spacial score (nSPS) is 14.7. The summed E-state index contributed by atoms with van der Waals surface area (Å²) in [4.78, 5) is 19.8. The van der Waals surface area contributed by atoms with Crippen LogP contribution in [0.2, 0.25) is 0 Å². The number of nitrogens with zero attached hydrogens (tertiary/aromatic N) is 5. The largest absolute Gasteiger partial charge is 0.345 e. The molecule has 0 amide bonds. The zero-order valence-electron chi connectivity index (χ0n) is 11.0. The Labute approximate surface area is 127 Å². The fraction of sp³-hybridized carbons (Fsp3) is 0.308. The zero-order valence-corrected chi connectivity index (χ0v) is 12.5. The lowest BCUT2D eigenvalue weighted by Crippen LogP contribution is -2.14. The number of fused-ring (bicyclic) bond motifs is 1. The molecule has 1 N–H and O–H groups in total. The van der Waals surface area contributed by atoms with Crippen LogP contribution in [0.3, 0.4) is 0 Å². The molecule has 0 saturated heterocycles. The van der Waals surface area contributed by atoms with Gasteiger partial charge in [0.15, 0.2) is 11.6 Å². The van der Waals surface area contributed by atoms with Crippen molar-refractivity contribution in [2.24, 2.45) is 0 Å². The van der Waals surface area contributed by atoms with Crippen molar-refractivity contribution in [3.05, 3.63) is 34.3 Å². The smallest absolute Gasteiger partial charge is 0.186 e. The molecular formula is C13H11BrN6O. The van der Waals surface area contributed by atoms with Gasteiger partial charge in [0.05, 0.1) is 0 Å².